The molecule has 1 aromatic carbocycles. The number of hydrogen-bond acceptors (Lipinski definition) is 2. The quantitative estimate of drug-likeness (QED) is 0.652. The van der Waals surface area contributed by atoms with Crippen LogP contribution in [0.4, 0.5) is 0 Å². The lowest BCUT2D eigenvalue weighted by Gasteiger charge is -2.01. The van der Waals surface area contributed by atoms with Gasteiger partial charge in [-0.2, -0.15) is 0 Å². The number of benzene rings is 1. The van der Waals surface area contributed by atoms with E-state index in [-0.39, 0.29) is 0 Å². The monoisotopic (exact) mass is 217 g/mol. The predicted octanol–water partition coefficient (Wildman–Crippen LogP) is 0.915. The molecule has 1 aromatic heterocycles. The van der Waals surface area contributed by atoms with Gasteiger partial charge in [0.05, 0.1) is 0 Å². The average molecular weight is 217 g/mol. The molecule has 4 heteroatoms. The third-order valence-corrected chi connectivity index (χ3v) is 2.64. The first-order valence-electron chi connectivity index (χ1n) is 5.31. The molecule has 0 spiro atoms. The van der Waals surface area contributed by atoms with Gasteiger partial charge in [-0.05, 0) is 36.2 Å². The highest BCUT2D eigenvalue weighted by Gasteiger charge is 2.03. The summed E-state index contributed by atoms with van der Waals surface area (Å²) < 4.78 is 0. The predicted molar refractivity (Wildman–Crippen MR) is 64.0 cm³/mol. The summed E-state index contributed by atoms with van der Waals surface area (Å²) in [6.07, 6.45) is 3.57. The molecule has 0 bridgehead atoms. The standard InChI is InChI=1S/C12H15N3O/c13-4-3-10-7-15-12-2-1-9(5-11(10)12)6-14-8-16/h1-2,5,7-8,15H,3-4,6,13H2,(H,14,16). The van der Waals surface area contributed by atoms with E-state index in [1.54, 1.807) is 0 Å². The summed E-state index contributed by atoms with van der Waals surface area (Å²) in [5.41, 5.74) is 8.99. The number of aromatic amines is 1. The van der Waals surface area contributed by atoms with Crippen LogP contribution in [0.1, 0.15) is 11.1 Å². The summed E-state index contributed by atoms with van der Waals surface area (Å²) in [6, 6.07) is 6.12. The largest absolute Gasteiger partial charge is 0.361 e. The smallest absolute Gasteiger partial charge is 0.207 e. The van der Waals surface area contributed by atoms with E-state index in [1.165, 1.54) is 10.9 Å². The molecule has 0 aliphatic heterocycles. The maximum atomic E-state index is 10.2. The fourth-order valence-electron chi connectivity index (χ4n) is 1.86. The third kappa shape index (κ3) is 2.06. The van der Waals surface area contributed by atoms with Gasteiger partial charge in [-0.15, -0.1) is 0 Å². The van der Waals surface area contributed by atoms with E-state index in [2.05, 4.69) is 16.4 Å². The van der Waals surface area contributed by atoms with Crippen molar-refractivity contribution in [1.82, 2.24) is 10.3 Å². The van der Waals surface area contributed by atoms with Crippen molar-refractivity contribution in [3.8, 4) is 0 Å². The van der Waals surface area contributed by atoms with Crippen molar-refractivity contribution in [2.75, 3.05) is 6.54 Å². The van der Waals surface area contributed by atoms with E-state index in [0.29, 0.717) is 19.5 Å². The zero-order valence-electron chi connectivity index (χ0n) is 8.99. The van der Waals surface area contributed by atoms with Crippen LogP contribution >= 0.6 is 0 Å². The van der Waals surface area contributed by atoms with Crippen molar-refractivity contribution >= 4 is 17.3 Å². The first kappa shape index (κ1) is 10.7. The molecule has 2 rings (SSSR count). The van der Waals surface area contributed by atoms with Crippen LogP contribution in [0.15, 0.2) is 24.4 Å². The Morgan fingerprint density at radius 1 is 1.44 bits per heavy atom. The highest BCUT2D eigenvalue weighted by atomic mass is 16.1. The topological polar surface area (TPSA) is 70.9 Å². The second kappa shape index (κ2) is 4.81. The normalized spacial score (nSPS) is 10.6. The Morgan fingerprint density at radius 2 is 2.31 bits per heavy atom. The van der Waals surface area contributed by atoms with Crippen LogP contribution < -0.4 is 11.1 Å². The Hall–Kier alpha value is -1.81. The number of carbonyl (C=O) groups excluding carboxylic acids is 1. The van der Waals surface area contributed by atoms with Crippen LogP contribution in [0.3, 0.4) is 0 Å². The lowest BCUT2D eigenvalue weighted by atomic mass is 10.1. The van der Waals surface area contributed by atoms with E-state index in [9.17, 15) is 4.79 Å². The van der Waals surface area contributed by atoms with Gasteiger partial charge in [0.2, 0.25) is 6.41 Å². The number of amides is 1. The van der Waals surface area contributed by atoms with E-state index in [1.807, 2.05) is 18.3 Å². The van der Waals surface area contributed by atoms with Crippen molar-refractivity contribution in [2.24, 2.45) is 5.73 Å². The van der Waals surface area contributed by atoms with Crippen LogP contribution in [-0.4, -0.2) is 17.9 Å². The minimum absolute atomic E-state index is 0.562. The van der Waals surface area contributed by atoms with Gasteiger partial charge in [0.25, 0.3) is 0 Å². The number of carbonyl (C=O) groups is 1. The van der Waals surface area contributed by atoms with Crippen molar-refractivity contribution in [3.05, 3.63) is 35.5 Å². The number of aromatic nitrogens is 1. The van der Waals surface area contributed by atoms with Gasteiger partial charge >= 0.3 is 0 Å². The molecule has 4 nitrogen and oxygen atoms in total. The minimum Gasteiger partial charge on any atom is -0.361 e. The molecule has 1 amide bonds. The van der Waals surface area contributed by atoms with E-state index < -0.39 is 0 Å². The molecule has 0 saturated heterocycles. The second-order valence-corrected chi connectivity index (χ2v) is 3.73. The number of H-pyrrole nitrogens is 1. The number of nitrogens with one attached hydrogen (secondary N) is 2. The van der Waals surface area contributed by atoms with Crippen molar-refractivity contribution < 1.29 is 4.79 Å². The zero-order chi connectivity index (χ0) is 11.4. The molecule has 0 unspecified atom stereocenters. The second-order valence-electron chi connectivity index (χ2n) is 3.73. The highest BCUT2D eigenvalue weighted by Crippen LogP contribution is 2.20. The molecule has 0 radical (unpaired) electrons. The average Bonchev–Trinajstić information content (AvgIpc) is 2.70. The van der Waals surface area contributed by atoms with Crippen molar-refractivity contribution in [2.45, 2.75) is 13.0 Å². The highest BCUT2D eigenvalue weighted by molar-refractivity contribution is 5.84. The third-order valence-electron chi connectivity index (χ3n) is 2.64. The SMILES string of the molecule is NCCc1c[nH]c2ccc(CNC=O)cc12. The fraction of sp³-hybridized carbons (Fsp3) is 0.250. The van der Waals surface area contributed by atoms with Gasteiger partial charge in [0.1, 0.15) is 0 Å². The summed E-state index contributed by atoms with van der Waals surface area (Å²) in [4.78, 5) is 13.4. The maximum absolute atomic E-state index is 10.2. The summed E-state index contributed by atoms with van der Waals surface area (Å²) >= 11 is 0. The fourth-order valence-corrected chi connectivity index (χ4v) is 1.86. The van der Waals surface area contributed by atoms with Crippen LogP contribution in [0.2, 0.25) is 0 Å². The first-order valence-corrected chi connectivity index (χ1v) is 5.31. The van der Waals surface area contributed by atoms with Gasteiger partial charge in [-0.25, -0.2) is 0 Å². The molecule has 16 heavy (non-hydrogen) atoms. The Morgan fingerprint density at radius 3 is 3.06 bits per heavy atom. The van der Waals surface area contributed by atoms with Crippen LogP contribution in [0.5, 0.6) is 0 Å². The van der Waals surface area contributed by atoms with Gasteiger partial charge in [0.15, 0.2) is 0 Å². The lowest BCUT2D eigenvalue weighted by molar-refractivity contribution is -0.109. The van der Waals surface area contributed by atoms with Crippen LogP contribution in [0.25, 0.3) is 10.9 Å². The summed E-state index contributed by atoms with van der Waals surface area (Å²) in [5.74, 6) is 0. The molecule has 1 heterocycles. The Balaban J connectivity index is 2.33. The zero-order valence-corrected chi connectivity index (χ0v) is 8.99. The molecule has 0 atom stereocenters. The van der Waals surface area contributed by atoms with E-state index >= 15 is 0 Å². The van der Waals surface area contributed by atoms with Crippen LogP contribution in [-0.2, 0) is 17.8 Å². The number of hydrogen-bond donors (Lipinski definition) is 3. The number of nitrogens with two attached hydrogens (primary N) is 1. The Bertz CT molecular complexity index is 490. The molecule has 4 N–H and O–H groups in total. The van der Waals surface area contributed by atoms with E-state index in [0.717, 1.165) is 17.5 Å². The Kier molecular flexibility index (Phi) is 3.22. The van der Waals surface area contributed by atoms with Crippen molar-refractivity contribution in [1.29, 1.82) is 0 Å². The Labute approximate surface area is 93.8 Å². The van der Waals surface area contributed by atoms with Gasteiger partial charge in [-0.1, -0.05) is 6.07 Å². The van der Waals surface area contributed by atoms with Gasteiger partial charge < -0.3 is 16.0 Å². The minimum atomic E-state index is 0.562. The molecule has 0 aliphatic carbocycles. The number of rotatable bonds is 5. The maximum Gasteiger partial charge on any atom is 0.207 e. The van der Waals surface area contributed by atoms with Crippen molar-refractivity contribution in [3.63, 3.8) is 0 Å². The molecular formula is C12H15N3O. The molecule has 0 saturated carbocycles. The first-order chi connectivity index (χ1) is 7.85. The molecule has 0 aliphatic rings. The lowest BCUT2D eigenvalue weighted by Crippen LogP contribution is -2.09. The molecule has 0 fully saturated rings. The molecule has 84 valence electrons. The summed E-state index contributed by atoms with van der Waals surface area (Å²) in [7, 11) is 0. The van der Waals surface area contributed by atoms with Gasteiger partial charge in [0, 0.05) is 23.6 Å². The number of fused-ring (bicyclic) bond motifs is 1. The van der Waals surface area contributed by atoms with E-state index in [4.69, 9.17) is 5.73 Å². The van der Waals surface area contributed by atoms with Gasteiger partial charge in [-0.3, -0.25) is 4.79 Å². The van der Waals surface area contributed by atoms with Crippen LogP contribution in [0, 0.1) is 0 Å². The molecular weight excluding hydrogens is 202 g/mol. The summed E-state index contributed by atoms with van der Waals surface area (Å²) in [6.45, 7) is 1.20. The summed E-state index contributed by atoms with van der Waals surface area (Å²) in [5, 5.41) is 3.85. The molecule has 2 aromatic rings.